The third kappa shape index (κ3) is 6.95. The minimum atomic E-state index is -0.790. The van der Waals surface area contributed by atoms with E-state index >= 15 is 0 Å². The van der Waals surface area contributed by atoms with Crippen LogP contribution >= 0.6 is 22.9 Å². The second-order valence-electron chi connectivity index (χ2n) is 5.72. The van der Waals surface area contributed by atoms with Crippen molar-refractivity contribution >= 4 is 40.8 Å². The highest BCUT2D eigenvalue weighted by molar-refractivity contribution is 7.09. The lowest BCUT2D eigenvalue weighted by molar-refractivity contribution is -0.123. The van der Waals surface area contributed by atoms with Crippen LogP contribution < -0.4 is 20.1 Å². The molecule has 0 unspecified atom stereocenters. The van der Waals surface area contributed by atoms with Crippen LogP contribution in [0.2, 0.25) is 5.02 Å². The standard InChI is InChI=1S/C19H21ClN2O6S/c1-3-6-27-17-14(20)8-12(9-15(17)26-2)18(24)28-11-16(23)22-19(25)21-10-13-5-4-7-29-13/h4-5,7-9H,3,6,10-11H2,1-2H3,(H2,21,22,23,25). The molecule has 0 aliphatic rings. The largest absolute Gasteiger partial charge is 0.493 e. The van der Waals surface area contributed by atoms with Gasteiger partial charge in [0.25, 0.3) is 5.91 Å². The topological polar surface area (TPSA) is 103 Å². The third-order valence-corrected chi connectivity index (χ3v) is 4.66. The van der Waals surface area contributed by atoms with Gasteiger partial charge >= 0.3 is 12.0 Å². The van der Waals surface area contributed by atoms with Crippen LogP contribution in [0.25, 0.3) is 0 Å². The van der Waals surface area contributed by atoms with Crippen LogP contribution in [-0.2, 0) is 16.1 Å². The summed E-state index contributed by atoms with van der Waals surface area (Å²) in [6, 6.07) is 5.80. The number of rotatable bonds is 9. The van der Waals surface area contributed by atoms with E-state index in [1.165, 1.54) is 30.6 Å². The van der Waals surface area contributed by atoms with Crippen LogP contribution in [-0.4, -0.2) is 38.2 Å². The van der Waals surface area contributed by atoms with Crippen molar-refractivity contribution in [1.29, 1.82) is 0 Å². The predicted molar refractivity (Wildman–Crippen MR) is 109 cm³/mol. The zero-order chi connectivity index (χ0) is 21.2. The molecule has 0 bridgehead atoms. The van der Waals surface area contributed by atoms with Gasteiger partial charge in [-0.2, -0.15) is 0 Å². The lowest BCUT2D eigenvalue weighted by Gasteiger charge is -2.13. The number of amides is 3. The van der Waals surface area contributed by atoms with Crippen LogP contribution in [0.15, 0.2) is 29.6 Å². The van der Waals surface area contributed by atoms with Gasteiger partial charge in [-0.25, -0.2) is 9.59 Å². The molecule has 3 amide bonds. The molecule has 0 radical (unpaired) electrons. The molecule has 0 saturated carbocycles. The summed E-state index contributed by atoms with van der Waals surface area (Å²) < 4.78 is 15.7. The minimum Gasteiger partial charge on any atom is -0.493 e. The van der Waals surface area contributed by atoms with Crippen LogP contribution in [0.5, 0.6) is 11.5 Å². The fraction of sp³-hybridized carbons (Fsp3) is 0.316. The molecule has 2 N–H and O–H groups in total. The first-order chi connectivity index (χ1) is 13.9. The quantitative estimate of drug-likeness (QED) is 0.579. The molecule has 0 atom stereocenters. The number of carbonyl (C=O) groups is 3. The molecule has 10 heteroatoms. The summed E-state index contributed by atoms with van der Waals surface area (Å²) >= 11 is 7.64. The number of esters is 1. The molecule has 1 aromatic heterocycles. The lowest BCUT2D eigenvalue weighted by Crippen LogP contribution is -2.41. The molecule has 2 aromatic rings. The molecule has 1 aromatic carbocycles. The van der Waals surface area contributed by atoms with Crippen LogP contribution in [0, 0.1) is 0 Å². The van der Waals surface area contributed by atoms with E-state index in [0.717, 1.165) is 11.3 Å². The number of thiophene rings is 1. The van der Waals surface area contributed by atoms with E-state index in [-0.39, 0.29) is 16.3 Å². The number of ether oxygens (including phenoxy) is 3. The van der Waals surface area contributed by atoms with E-state index in [2.05, 4.69) is 10.6 Å². The van der Waals surface area contributed by atoms with Crippen molar-refractivity contribution in [2.45, 2.75) is 19.9 Å². The average Bonchev–Trinajstić information content (AvgIpc) is 3.22. The first-order valence-corrected chi connectivity index (χ1v) is 9.97. The Bertz CT molecular complexity index is 857. The second-order valence-corrected chi connectivity index (χ2v) is 7.16. The first kappa shape index (κ1) is 22.5. The predicted octanol–water partition coefficient (Wildman–Crippen LogP) is 3.38. The number of benzene rings is 1. The van der Waals surface area contributed by atoms with Gasteiger partial charge < -0.3 is 19.5 Å². The first-order valence-electron chi connectivity index (χ1n) is 8.72. The van der Waals surface area contributed by atoms with Gasteiger partial charge in [0.05, 0.1) is 30.8 Å². The molecule has 0 aliphatic heterocycles. The zero-order valence-electron chi connectivity index (χ0n) is 16.0. The second kappa shape index (κ2) is 11.3. The molecule has 0 fully saturated rings. The van der Waals surface area contributed by atoms with Crippen LogP contribution in [0.3, 0.4) is 0 Å². The Balaban J connectivity index is 1.86. The van der Waals surface area contributed by atoms with Crippen molar-refractivity contribution in [2.75, 3.05) is 20.3 Å². The van der Waals surface area contributed by atoms with Gasteiger partial charge in [0, 0.05) is 4.88 Å². The van der Waals surface area contributed by atoms with Gasteiger partial charge in [-0.15, -0.1) is 11.3 Å². The Morgan fingerprint density at radius 1 is 1.24 bits per heavy atom. The molecule has 2 rings (SSSR count). The monoisotopic (exact) mass is 440 g/mol. The highest BCUT2D eigenvalue weighted by atomic mass is 35.5. The van der Waals surface area contributed by atoms with Crippen molar-refractivity contribution in [2.24, 2.45) is 0 Å². The summed E-state index contributed by atoms with van der Waals surface area (Å²) in [4.78, 5) is 36.6. The maximum atomic E-state index is 12.2. The van der Waals surface area contributed by atoms with Crippen molar-refractivity contribution < 1.29 is 28.6 Å². The molecule has 0 saturated heterocycles. The molecule has 1 heterocycles. The maximum Gasteiger partial charge on any atom is 0.338 e. The minimum absolute atomic E-state index is 0.0886. The van der Waals surface area contributed by atoms with Crippen LogP contribution in [0.1, 0.15) is 28.6 Å². The third-order valence-electron chi connectivity index (χ3n) is 3.51. The van der Waals surface area contributed by atoms with E-state index in [0.29, 0.717) is 18.9 Å². The normalized spacial score (nSPS) is 10.2. The number of imide groups is 1. The van der Waals surface area contributed by atoms with E-state index in [4.69, 9.17) is 25.8 Å². The Labute approximate surface area is 177 Å². The fourth-order valence-corrected chi connectivity index (χ4v) is 3.09. The SMILES string of the molecule is CCCOc1c(Cl)cc(C(=O)OCC(=O)NC(=O)NCc2cccs2)cc1OC. The number of methoxy groups -OCH3 is 1. The molecular weight excluding hydrogens is 420 g/mol. The molecule has 8 nitrogen and oxygen atoms in total. The van der Waals surface area contributed by atoms with E-state index < -0.39 is 24.5 Å². The van der Waals surface area contributed by atoms with Crippen molar-refractivity contribution in [3.05, 3.63) is 45.1 Å². The number of urea groups is 1. The van der Waals surface area contributed by atoms with Crippen LogP contribution in [0.4, 0.5) is 4.79 Å². The van der Waals surface area contributed by atoms with Gasteiger partial charge in [0.15, 0.2) is 18.1 Å². The smallest absolute Gasteiger partial charge is 0.338 e. The lowest BCUT2D eigenvalue weighted by atomic mass is 10.2. The van der Waals surface area contributed by atoms with E-state index in [1.807, 2.05) is 24.4 Å². The Hall–Kier alpha value is -2.78. The summed E-state index contributed by atoms with van der Waals surface area (Å²) in [5.74, 6) is -0.951. The summed E-state index contributed by atoms with van der Waals surface area (Å²) in [6.07, 6.45) is 0.777. The Kier molecular flexibility index (Phi) is 8.75. The van der Waals surface area contributed by atoms with Crippen molar-refractivity contribution in [1.82, 2.24) is 10.6 Å². The number of hydrogen-bond donors (Lipinski definition) is 2. The number of carbonyl (C=O) groups excluding carboxylic acids is 3. The van der Waals surface area contributed by atoms with Gasteiger partial charge in [-0.05, 0) is 30.0 Å². The summed E-state index contributed by atoms with van der Waals surface area (Å²) in [7, 11) is 1.42. The summed E-state index contributed by atoms with van der Waals surface area (Å²) in [5.41, 5.74) is 0.0886. The van der Waals surface area contributed by atoms with Gasteiger partial charge in [-0.1, -0.05) is 24.6 Å². The number of halogens is 1. The highest BCUT2D eigenvalue weighted by Gasteiger charge is 2.18. The molecular formula is C19H21ClN2O6S. The van der Waals surface area contributed by atoms with Gasteiger partial charge in [0.2, 0.25) is 0 Å². The number of hydrogen-bond acceptors (Lipinski definition) is 7. The zero-order valence-corrected chi connectivity index (χ0v) is 17.5. The van der Waals surface area contributed by atoms with Crippen molar-refractivity contribution in [3.8, 4) is 11.5 Å². The van der Waals surface area contributed by atoms with Gasteiger partial charge in [-0.3, -0.25) is 10.1 Å². The average molecular weight is 441 g/mol. The van der Waals surface area contributed by atoms with E-state index in [9.17, 15) is 14.4 Å². The molecule has 29 heavy (non-hydrogen) atoms. The van der Waals surface area contributed by atoms with E-state index in [1.54, 1.807) is 0 Å². The van der Waals surface area contributed by atoms with Gasteiger partial charge in [0.1, 0.15) is 0 Å². The molecule has 0 aliphatic carbocycles. The number of nitrogens with one attached hydrogen (secondary N) is 2. The Morgan fingerprint density at radius 3 is 2.69 bits per heavy atom. The summed E-state index contributed by atoms with van der Waals surface area (Å²) in [6.45, 7) is 2.05. The summed E-state index contributed by atoms with van der Waals surface area (Å²) in [5, 5.41) is 6.68. The maximum absolute atomic E-state index is 12.2. The molecule has 0 spiro atoms. The van der Waals surface area contributed by atoms with Crippen molar-refractivity contribution in [3.63, 3.8) is 0 Å². The molecule has 156 valence electrons. The Morgan fingerprint density at radius 2 is 2.03 bits per heavy atom. The fourth-order valence-electron chi connectivity index (χ4n) is 2.18. The highest BCUT2D eigenvalue weighted by Crippen LogP contribution is 2.36.